The summed E-state index contributed by atoms with van der Waals surface area (Å²) < 4.78 is 12.9. The number of nitrogens with zero attached hydrogens (tertiary/aromatic N) is 4. The zero-order chi connectivity index (χ0) is 22.6. The lowest BCUT2D eigenvalue weighted by Crippen LogP contribution is -2.38. The monoisotopic (exact) mass is 448 g/mol. The normalized spacial score (nSPS) is 11.6. The Kier molecular flexibility index (Phi) is 10.5. The van der Waals surface area contributed by atoms with Gasteiger partial charge in [-0.1, -0.05) is 31.7 Å². The van der Waals surface area contributed by atoms with Gasteiger partial charge in [0.15, 0.2) is 22.6 Å². The molecule has 0 atom stereocenters. The van der Waals surface area contributed by atoms with Crippen molar-refractivity contribution in [3.05, 3.63) is 29.6 Å². The Morgan fingerprint density at radius 3 is 2.48 bits per heavy atom. The number of aryl methyl sites for hydroxylation is 1. The molecule has 8 nitrogen and oxygen atoms in total. The highest BCUT2D eigenvalue weighted by Crippen LogP contribution is 2.27. The van der Waals surface area contributed by atoms with E-state index in [1.54, 1.807) is 33.0 Å². The van der Waals surface area contributed by atoms with Crippen LogP contribution in [0.4, 0.5) is 0 Å². The highest BCUT2D eigenvalue weighted by molar-refractivity contribution is 7.98. The minimum absolute atomic E-state index is 0.562. The summed E-state index contributed by atoms with van der Waals surface area (Å²) in [6.07, 6.45) is 4.75. The number of aromatic nitrogens is 3. The summed E-state index contributed by atoms with van der Waals surface area (Å²) in [5, 5.41) is 16.4. The van der Waals surface area contributed by atoms with Crippen molar-refractivity contribution in [1.29, 1.82) is 0 Å². The highest BCUT2D eigenvalue weighted by Gasteiger charge is 2.12. The Hall–Kier alpha value is -2.42. The highest BCUT2D eigenvalue weighted by atomic mass is 32.2. The third-order valence-electron chi connectivity index (χ3n) is 4.77. The van der Waals surface area contributed by atoms with Crippen LogP contribution in [0.1, 0.15) is 31.7 Å². The van der Waals surface area contributed by atoms with Gasteiger partial charge in [0.1, 0.15) is 5.82 Å². The number of ether oxygens (including phenoxy) is 2. The standard InChI is InChI=1S/C22H36N6O2S/c1-16(2)15-28-20(26-27-22(28)31-6)8-7-12-24-21(23-3)25-13-11-17-9-10-18(29-4)19(14-17)30-5/h9-10,14,16H,7-8,11-13,15H2,1-6H3,(H2,23,24,25). The van der Waals surface area contributed by atoms with E-state index in [0.29, 0.717) is 5.92 Å². The minimum atomic E-state index is 0.562. The summed E-state index contributed by atoms with van der Waals surface area (Å²) in [4.78, 5) is 4.31. The van der Waals surface area contributed by atoms with Gasteiger partial charge < -0.3 is 24.7 Å². The van der Waals surface area contributed by atoms with Crippen molar-refractivity contribution in [1.82, 2.24) is 25.4 Å². The number of thioether (sulfide) groups is 1. The smallest absolute Gasteiger partial charge is 0.190 e. The minimum Gasteiger partial charge on any atom is -0.493 e. The Morgan fingerprint density at radius 1 is 1.10 bits per heavy atom. The average molecular weight is 449 g/mol. The van der Waals surface area contributed by atoms with Gasteiger partial charge in [0.25, 0.3) is 0 Å². The molecule has 0 aliphatic rings. The molecule has 0 spiro atoms. The Morgan fingerprint density at radius 2 is 1.84 bits per heavy atom. The number of hydrogen-bond acceptors (Lipinski definition) is 6. The largest absolute Gasteiger partial charge is 0.493 e. The zero-order valence-corrected chi connectivity index (χ0v) is 20.4. The third kappa shape index (κ3) is 7.65. The topological polar surface area (TPSA) is 85.6 Å². The van der Waals surface area contributed by atoms with E-state index >= 15 is 0 Å². The van der Waals surface area contributed by atoms with E-state index in [2.05, 4.69) is 50.3 Å². The summed E-state index contributed by atoms with van der Waals surface area (Å²) in [6.45, 7) is 6.97. The fourth-order valence-electron chi connectivity index (χ4n) is 3.24. The molecule has 31 heavy (non-hydrogen) atoms. The van der Waals surface area contributed by atoms with Crippen LogP contribution in [0.15, 0.2) is 28.3 Å². The van der Waals surface area contributed by atoms with Crippen molar-refractivity contribution >= 4 is 17.7 Å². The van der Waals surface area contributed by atoms with E-state index in [-0.39, 0.29) is 0 Å². The molecule has 0 radical (unpaired) electrons. The maximum Gasteiger partial charge on any atom is 0.190 e. The summed E-state index contributed by atoms with van der Waals surface area (Å²) in [5.74, 6) is 3.90. The summed E-state index contributed by atoms with van der Waals surface area (Å²) in [7, 11) is 5.08. The fourth-order valence-corrected chi connectivity index (χ4v) is 3.76. The Bertz CT molecular complexity index is 837. The second-order valence-electron chi connectivity index (χ2n) is 7.58. The molecule has 0 amide bonds. The van der Waals surface area contributed by atoms with Crippen LogP contribution in [0.3, 0.4) is 0 Å². The zero-order valence-electron chi connectivity index (χ0n) is 19.6. The van der Waals surface area contributed by atoms with Crippen molar-refractivity contribution < 1.29 is 9.47 Å². The number of nitrogens with one attached hydrogen (secondary N) is 2. The van der Waals surface area contributed by atoms with Gasteiger partial charge in [0, 0.05) is 33.1 Å². The maximum atomic E-state index is 5.37. The number of methoxy groups -OCH3 is 2. The van der Waals surface area contributed by atoms with Crippen LogP contribution >= 0.6 is 11.8 Å². The first-order valence-corrected chi connectivity index (χ1v) is 11.9. The first-order chi connectivity index (χ1) is 15.0. The molecule has 9 heteroatoms. The molecule has 1 heterocycles. The van der Waals surface area contributed by atoms with Gasteiger partial charge in [0.05, 0.1) is 14.2 Å². The number of guanidine groups is 1. The molecule has 172 valence electrons. The van der Waals surface area contributed by atoms with Crippen LogP contribution in [0.25, 0.3) is 0 Å². The summed E-state index contributed by atoms with van der Waals surface area (Å²) in [6, 6.07) is 5.99. The lowest BCUT2D eigenvalue weighted by molar-refractivity contribution is 0.354. The van der Waals surface area contributed by atoms with E-state index in [0.717, 1.165) is 67.3 Å². The second-order valence-corrected chi connectivity index (χ2v) is 8.35. The van der Waals surface area contributed by atoms with Gasteiger partial charge in [-0.15, -0.1) is 10.2 Å². The number of benzene rings is 1. The van der Waals surface area contributed by atoms with Gasteiger partial charge in [-0.05, 0) is 42.7 Å². The molecular formula is C22H36N6O2S. The molecule has 2 N–H and O–H groups in total. The predicted molar refractivity (Wildman–Crippen MR) is 128 cm³/mol. The fraction of sp³-hybridized carbons (Fsp3) is 0.591. The predicted octanol–water partition coefficient (Wildman–Crippen LogP) is 3.01. The van der Waals surface area contributed by atoms with Gasteiger partial charge >= 0.3 is 0 Å². The molecule has 0 unspecified atom stereocenters. The van der Waals surface area contributed by atoms with Gasteiger partial charge in [-0.25, -0.2) is 0 Å². The molecule has 2 rings (SSSR count). The molecular weight excluding hydrogens is 412 g/mol. The number of aliphatic imine (C=N–C) groups is 1. The Balaban J connectivity index is 1.76. The molecule has 0 saturated carbocycles. The number of hydrogen-bond donors (Lipinski definition) is 2. The lowest BCUT2D eigenvalue weighted by atomic mass is 10.1. The summed E-state index contributed by atoms with van der Waals surface area (Å²) in [5.41, 5.74) is 1.18. The third-order valence-corrected chi connectivity index (χ3v) is 5.44. The second kappa shape index (κ2) is 13.1. The molecule has 1 aromatic heterocycles. The van der Waals surface area contributed by atoms with Crippen LogP contribution < -0.4 is 20.1 Å². The van der Waals surface area contributed by atoms with E-state index in [9.17, 15) is 0 Å². The van der Waals surface area contributed by atoms with Crippen molar-refractivity contribution in [3.63, 3.8) is 0 Å². The van der Waals surface area contributed by atoms with Crippen LogP contribution in [0.2, 0.25) is 0 Å². The number of rotatable bonds is 12. The first kappa shape index (κ1) is 24.8. The molecule has 0 bridgehead atoms. The van der Waals surface area contributed by atoms with Crippen molar-refractivity contribution in [3.8, 4) is 11.5 Å². The van der Waals surface area contributed by atoms with Gasteiger partial charge in [-0.2, -0.15) is 0 Å². The Labute approximate surface area is 190 Å². The molecule has 0 aliphatic heterocycles. The maximum absolute atomic E-state index is 5.37. The summed E-state index contributed by atoms with van der Waals surface area (Å²) >= 11 is 1.65. The van der Waals surface area contributed by atoms with Crippen molar-refractivity contribution in [2.45, 2.75) is 44.8 Å². The van der Waals surface area contributed by atoms with Crippen LogP contribution in [0.5, 0.6) is 11.5 Å². The van der Waals surface area contributed by atoms with Crippen LogP contribution in [-0.2, 0) is 19.4 Å². The van der Waals surface area contributed by atoms with Crippen LogP contribution in [0, 0.1) is 5.92 Å². The van der Waals surface area contributed by atoms with Crippen molar-refractivity contribution in [2.24, 2.45) is 10.9 Å². The van der Waals surface area contributed by atoms with E-state index < -0.39 is 0 Å². The van der Waals surface area contributed by atoms with Gasteiger partial charge in [-0.3, -0.25) is 4.99 Å². The van der Waals surface area contributed by atoms with E-state index in [4.69, 9.17) is 9.47 Å². The molecule has 0 fully saturated rings. The quantitative estimate of drug-likeness (QED) is 0.223. The van der Waals surface area contributed by atoms with Crippen molar-refractivity contribution in [2.75, 3.05) is 40.6 Å². The molecule has 0 aliphatic carbocycles. The molecule has 1 aromatic carbocycles. The molecule has 0 saturated heterocycles. The lowest BCUT2D eigenvalue weighted by Gasteiger charge is -2.14. The van der Waals surface area contributed by atoms with Crippen LogP contribution in [-0.4, -0.2) is 61.3 Å². The van der Waals surface area contributed by atoms with E-state index in [1.807, 2.05) is 18.4 Å². The van der Waals surface area contributed by atoms with E-state index in [1.165, 1.54) is 5.56 Å². The average Bonchev–Trinajstić information content (AvgIpc) is 3.15. The molecule has 2 aromatic rings. The first-order valence-electron chi connectivity index (χ1n) is 10.6. The van der Waals surface area contributed by atoms with Gasteiger partial charge in [0.2, 0.25) is 0 Å². The SMILES string of the molecule is CN=C(NCCCc1nnc(SC)n1CC(C)C)NCCc1ccc(OC)c(OC)c1.